The molecule has 0 rings (SSSR count). The van der Waals surface area contributed by atoms with Crippen molar-refractivity contribution in [3.63, 3.8) is 0 Å². The van der Waals surface area contributed by atoms with Gasteiger partial charge in [-0.25, -0.2) is 4.79 Å². The number of aliphatic carboxylic acids is 2. The van der Waals surface area contributed by atoms with E-state index in [1.807, 2.05) is 5.32 Å². The number of hydrogen-bond acceptors (Lipinski definition) is 5. The second-order valence-corrected chi connectivity index (χ2v) is 4.91. The van der Waals surface area contributed by atoms with E-state index in [0.29, 0.717) is 0 Å². The van der Waals surface area contributed by atoms with Crippen molar-refractivity contribution >= 4 is 17.8 Å². The maximum absolute atomic E-state index is 10.4. The molecule has 0 aromatic carbocycles. The van der Waals surface area contributed by atoms with Crippen molar-refractivity contribution in [2.45, 2.75) is 19.4 Å². The number of nitrogens with zero attached hydrogens (tertiary/aromatic N) is 1. The summed E-state index contributed by atoms with van der Waals surface area (Å²) in [4.78, 5) is 30.6. The number of quaternary nitrogens is 1. The normalized spacial score (nSPS) is 11.8. The summed E-state index contributed by atoms with van der Waals surface area (Å²) in [5.41, 5.74) is 0. The van der Waals surface area contributed by atoms with Crippen LogP contribution >= 0.6 is 0 Å². The standard InChI is InChI=1S/C6H9NO5.C5H14NO/c1-3(8)7-4(6(11)12)2-5(9)10;1-6(2,3)4-5-7/h4H,2H2,1H3,(H,7,8)(H,9,10)(H,11,12);7H,4-5H2,1-3H3/q;+1/p-1/t4-;/m0./s1. The third kappa shape index (κ3) is 16.3. The highest BCUT2D eigenvalue weighted by Crippen LogP contribution is 1.90. The molecule has 0 spiro atoms. The molecule has 3 N–H and O–H groups in total. The fourth-order valence-corrected chi connectivity index (χ4v) is 0.912. The van der Waals surface area contributed by atoms with Gasteiger partial charge in [-0.3, -0.25) is 4.79 Å². The largest absolute Gasteiger partial charge is 0.550 e. The molecule has 0 saturated carbocycles. The molecule has 0 unspecified atom stereocenters. The van der Waals surface area contributed by atoms with Crippen molar-refractivity contribution in [2.24, 2.45) is 0 Å². The van der Waals surface area contributed by atoms with Crippen molar-refractivity contribution in [3.05, 3.63) is 0 Å². The van der Waals surface area contributed by atoms with Gasteiger partial charge in [-0.2, -0.15) is 0 Å². The van der Waals surface area contributed by atoms with Crippen molar-refractivity contribution in [2.75, 3.05) is 34.3 Å². The molecular weight excluding hydrogens is 256 g/mol. The smallest absolute Gasteiger partial charge is 0.326 e. The number of carboxylic acids is 2. The molecule has 0 aliphatic carbocycles. The summed E-state index contributed by atoms with van der Waals surface area (Å²) < 4.78 is 0.844. The quantitative estimate of drug-likeness (QED) is 0.457. The predicted octanol–water partition coefficient (Wildman–Crippen LogP) is -2.60. The fraction of sp³-hybridized carbons (Fsp3) is 0.727. The minimum atomic E-state index is -1.52. The van der Waals surface area contributed by atoms with Gasteiger partial charge in [0.05, 0.1) is 27.7 Å². The lowest BCUT2D eigenvalue weighted by Gasteiger charge is -2.21. The number of amides is 1. The number of aliphatic hydroxyl groups is 1. The summed E-state index contributed by atoms with van der Waals surface area (Å²) >= 11 is 0. The second kappa shape index (κ2) is 9.29. The highest BCUT2D eigenvalue weighted by atomic mass is 16.4. The van der Waals surface area contributed by atoms with Crippen molar-refractivity contribution in [1.82, 2.24) is 5.32 Å². The van der Waals surface area contributed by atoms with Crippen LogP contribution in [0.15, 0.2) is 0 Å². The van der Waals surface area contributed by atoms with E-state index in [9.17, 15) is 19.5 Å². The van der Waals surface area contributed by atoms with Crippen LogP contribution in [0.4, 0.5) is 0 Å². The Morgan fingerprint density at radius 3 is 1.89 bits per heavy atom. The number of carbonyl (C=O) groups is 3. The topological polar surface area (TPSA) is 127 Å². The first kappa shape index (κ1) is 19.7. The van der Waals surface area contributed by atoms with E-state index < -0.39 is 30.3 Å². The zero-order valence-corrected chi connectivity index (χ0v) is 11.7. The zero-order valence-electron chi connectivity index (χ0n) is 11.7. The summed E-state index contributed by atoms with van der Waals surface area (Å²) in [6, 6.07) is -1.41. The SMILES string of the molecule is CC(=O)N[C@@H](CC(=O)[O-])C(=O)O.C[N+](C)(C)CCO. The Kier molecular flexibility index (Phi) is 9.61. The molecule has 1 atom stereocenters. The number of rotatable bonds is 6. The van der Waals surface area contributed by atoms with Crippen LogP contribution in [0.2, 0.25) is 0 Å². The first-order valence-corrected chi connectivity index (χ1v) is 5.60. The summed E-state index contributed by atoms with van der Waals surface area (Å²) in [5, 5.41) is 28.7. The van der Waals surface area contributed by atoms with E-state index in [2.05, 4.69) is 21.1 Å². The number of nitrogens with one attached hydrogen (secondary N) is 1. The number of aliphatic hydroxyl groups excluding tert-OH is 1. The molecule has 0 aliphatic heterocycles. The first-order chi connectivity index (χ1) is 8.49. The van der Waals surface area contributed by atoms with Crippen LogP contribution < -0.4 is 10.4 Å². The molecule has 0 heterocycles. The van der Waals surface area contributed by atoms with Gasteiger partial charge >= 0.3 is 5.97 Å². The molecule has 0 saturated heterocycles. The molecule has 1 amide bonds. The van der Waals surface area contributed by atoms with Crippen LogP contribution in [-0.2, 0) is 14.4 Å². The second-order valence-electron chi connectivity index (χ2n) is 4.91. The molecule has 0 aromatic rings. The van der Waals surface area contributed by atoms with Crippen LogP contribution in [0, 0.1) is 0 Å². The maximum atomic E-state index is 10.4. The molecule has 0 aromatic heterocycles. The highest BCUT2D eigenvalue weighted by Gasteiger charge is 2.17. The van der Waals surface area contributed by atoms with Gasteiger partial charge in [0.1, 0.15) is 12.6 Å². The van der Waals surface area contributed by atoms with E-state index in [4.69, 9.17) is 10.2 Å². The molecule has 0 fully saturated rings. The molecule has 8 heteroatoms. The summed E-state index contributed by atoms with van der Waals surface area (Å²) in [6.45, 7) is 2.22. The van der Waals surface area contributed by atoms with E-state index >= 15 is 0 Å². The number of carboxylic acid groups (broad SMARTS) is 2. The van der Waals surface area contributed by atoms with E-state index in [-0.39, 0.29) is 6.61 Å². The van der Waals surface area contributed by atoms with Crippen molar-refractivity contribution < 1.29 is 34.2 Å². The average Bonchev–Trinajstić information content (AvgIpc) is 2.13. The molecule has 112 valence electrons. The summed E-state index contributed by atoms with van der Waals surface area (Å²) in [5.74, 6) is -3.51. The summed E-state index contributed by atoms with van der Waals surface area (Å²) in [7, 11) is 6.16. The number of likely N-dealkylation sites (N-methyl/N-ethyl adjacent to an activating group) is 1. The van der Waals surface area contributed by atoms with Gasteiger partial charge in [0.2, 0.25) is 5.91 Å². The Morgan fingerprint density at radius 2 is 1.74 bits per heavy atom. The first-order valence-electron chi connectivity index (χ1n) is 5.60. The fourth-order valence-electron chi connectivity index (χ4n) is 0.912. The van der Waals surface area contributed by atoms with Crippen molar-refractivity contribution in [3.8, 4) is 0 Å². The van der Waals surface area contributed by atoms with E-state index in [0.717, 1.165) is 18.0 Å². The van der Waals surface area contributed by atoms with Gasteiger partial charge < -0.3 is 29.9 Å². The minimum absolute atomic E-state index is 0.281. The Morgan fingerprint density at radius 1 is 1.26 bits per heavy atom. The Balaban J connectivity index is 0. The monoisotopic (exact) mass is 278 g/mol. The number of hydrogen-bond donors (Lipinski definition) is 3. The lowest BCUT2D eigenvalue weighted by atomic mass is 10.2. The molecular formula is C11H22N2O6. The minimum Gasteiger partial charge on any atom is -0.550 e. The van der Waals surface area contributed by atoms with Gasteiger partial charge in [-0.1, -0.05) is 0 Å². The van der Waals surface area contributed by atoms with Crippen molar-refractivity contribution in [1.29, 1.82) is 0 Å². The van der Waals surface area contributed by atoms with Gasteiger partial charge in [-0.05, 0) is 0 Å². The predicted molar refractivity (Wildman–Crippen MR) is 64.8 cm³/mol. The summed E-state index contributed by atoms with van der Waals surface area (Å²) in [6.07, 6.45) is -0.727. The molecule has 8 nitrogen and oxygen atoms in total. The van der Waals surface area contributed by atoms with Crippen LogP contribution in [0.25, 0.3) is 0 Å². The van der Waals surface area contributed by atoms with Crippen LogP contribution in [0.5, 0.6) is 0 Å². The highest BCUT2D eigenvalue weighted by molar-refractivity contribution is 5.85. The lowest BCUT2D eigenvalue weighted by Crippen LogP contribution is -2.43. The zero-order chi connectivity index (χ0) is 15.6. The van der Waals surface area contributed by atoms with Gasteiger partial charge in [-0.15, -0.1) is 0 Å². The molecule has 0 aliphatic rings. The molecule has 0 radical (unpaired) electrons. The third-order valence-electron chi connectivity index (χ3n) is 1.82. The van der Waals surface area contributed by atoms with E-state index in [1.54, 1.807) is 0 Å². The Hall–Kier alpha value is -1.67. The van der Waals surface area contributed by atoms with Gasteiger partial charge in [0, 0.05) is 19.3 Å². The lowest BCUT2D eigenvalue weighted by molar-refractivity contribution is -0.870. The Labute approximate surface area is 112 Å². The molecule has 0 bridgehead atoms. The Bertz CT molecular complexity index is 295. The van der Waals surface area contributed by atoms with Crippen LogP contribution in [0.3, 0.4) is 0 Å². The molecule has 19 heavy (non-hydrogen) atoms. The van der Waals surface area contributed by atoms with Gasteiger partial charge in [0.25, 0.3) is 0 Å². The maximum Gasteiger partial charge on any atom is 0.326 e. The van der Waals surface area contributed by atoms with Gasteiger partial charge in [0.15, 0.2) is 0 Å². The number of carbonyl (C=O) groups excluding carboxylic acids is 2. The van der Waals surface area contributed by atoms with E-state index in [1.165, 1.54) is 0 Å². The average molecular weight is 278 g/mol. The van der Waals surface area contributed by atoms with Crippen LogP contribution in [-0.4, -0.2) is 72.9 Å². The van der Waals surface area contributed by atoms with Crippen LogP contribution in [0.1, 0.15) is 13.3 Å². The third-order valence-corrected chi connectivity index (χ3v) is 1.82.